The van der Waals surface area contributed by atoms with Crippen molar-refractivity contribution >= 4 is 0 Å². The molecule has 1 heterocycles. The molecule has 3 heteroatoms. The summed E-state index contributed by atoms with van der Waals surface area (Å²) >= 11 is 0. The summed E-state index contributed by atoms with van der Waals surface area (Å²) in [5.74, 6) is 1.00. The molecular weight excluding hydrogens is 334 g/mol. The van der Waals surface area contributed by atoms with Crippen molar-refractivity contribution in [3.63, 3.8) is 0 Å². The van der Waals surface area contributed by atoms with Crippen LogP contribution in [0.5, 0.6) is 5.75 Å². The van der Waals surface area contributed by atoms with Crippen molar-refractivity contribution in [2.24, 2.45) is 0 Å². The first-order valence-corrected chi connectivity index (χ1v) is 10.6. The predicted octanol–water partition coefficient (Wildman–Crippen LogP) is 3.75. The molecule has 0 spiro atoms. The Labute approximate surface area is 164 Å². The van der Waals surface area contributed by atoms with E-state index in [0.717, 1.165) is 37.3 Å². The van der Waals surface area contributed by atoms with Crippen LogP contribution in [-0.4, -0.2) is 31.3 Å². The highest BCUT2D eigenvalue weighted by Crippen LogP contribution is 2.31. The summed E-state index contributed by atoms with van der Waals surface area (Å²) in [5, 5.41) is 11.2. The molecule has 1 aliphatic heterocycles. The van der Waals surface area contributed by atoms with Crippen molar-refractivity contribution in [1.29, 1.82) is 0 Å². The van der Waals surface area contributed by atoms with Crippen LogP contribution in [0.3, 0.4) is 0 Å². The maximum absolute atomic E-state index is 11.2. The van der Waals surface area contributed by atoms with Gasteiger partial charge >= 0.3 is 0 Å². The summed E-state index contributed by atoms with van der Waals surface area (Å²) < 4.78 is 5.76. The van der Waals surface area contributed by atoms with Crippen molar-refractivity contribution in [2.45, 2.75) is 51.0 Å². The number of rotatable bonds is 9. The van der Waals surface area contributed by atoms with Crippen LogP contribution in [0, 0.1) is 0 Å². The van der Waals surface area contributed by atoms with Crippen LogP contribution in [0.4, 0.5) is 0 Å². The molecule has 1 fully saturated rings. The molecule has 2 aromatic rings. The summed E-state index contributed by atoms with van der Waals surface area (Å²) in [5.41, 5.74) is 2.20. The molecule has 0 unspecified atom stereocenters. The van der Waals surface area contributed by atoms with Crippen molar-refractivity contribution in [3.05, 3.63) is 65.7 Å². The Morgan fingerprint density at radius 3 is 2.30 bits per heavy atom. The fourth-order valence-electron chi connectivity index (χ4n) is 4.01. The van der Waals surface area contributed by atoms with E-state index in [1.54, 1.807) is 4.90 Å². The molecular formula is C24H34NO2+. The smallest absolute Gasteiger partial charge is 0.119 e. The second-order valence-corrected chi connectivity index (χ2v) is 7.75. The summed E-state index contributed by atoms with van der Waals surface area (Å²) in [6.07, 6.45) is 5.66. The van der Waals surface area contributed by atoms with Gasteiger partial charge in [-0.3, -0.25) is 0 Å². The van der Waals surface area contributed by atoms with E-state index in [4.69, 9.17) is 4.74 Å². The number of likely N-dealkylation sites (tertiary alicyclic amines) is 1. The van der Waals surface area contributed by atoms with Crippen LogP contribution in [0.25, 0.3) is 0 Å². The lowest BCUT2D eigenvalue weighted by molar-refractivity contribution is -0.906. The molecule has 0 bridgehead atoms. The van der Waals surface area contributed by atoms with Gasteiger partial charge in [-0.2, -0.15) is 0 Å². The molecule has 1 saturated heterocycles. The maximum Gasteiger partial charge on any atom is 0.119 e. The van der Waals surface area contributed by atoms with Gasteiger partial charge in [0.05, 0.1) is 38.3 Å². The van der Waals surface area contributed by atoms with Gasteiger partial charge in [-0.1, -0.05) is 55.8 Å². The van der Waals surface area contributed by atoms with Crippen molar-refractivity contribution in [1.82, 2.24) is 0 Å². The topological polar surface area (TPSA) is 33.9 Å². The van der Waals surface area contributed by atoms with E-state index >= 15 is 0 Å². The lowest BCUT2D eigenvalue weighted by atomic mass is 9.88. The zero-order chi connectivity index (χ0) is 18.9. The van der Waals surface area contributed by atoms with E-state index in [0.29, 0.717) is 0 Å². The van der Waals surface area contributed by atoms with E-state index in [1.807, 2.05) is 30.3 Å². The largest absolute Gasteiger partial charge is 0.494 e. The standard InChI is InChI=1S/C24H33NO2/c1-2-3-18-27-22-14-12-21(13-15-22)24(26)23(20-10-6-4-7-11-20)19-25-16-8-5-9-17-25/h4,6-7,10-15,23-24,26H,2-3,5,8-9,16-19H2,1H3/p+1/t23-,24+/m1/s1. The minimum Gasteiger partial charge on any atom is -0.494 e. The number of piperidine rings is 1. The van der Waals surface area contributed by atoms with Crippen molar-refractivity contribution < 1.29 is 14.7 Å². The fourth-order valence-corrected chi connectivity index (χ4v) is 4.01. The first kappa shape index (κ1) is 19.9. The monoisotopic (exact) mass is 368 g/mol. The van der Waals surface area contributed by atoms with Gasteiger partial charge in [-0.05, 0) is 48.9 Å². The third-order valence-electron chi connectivity index (χ3n) is 5.67. The number of benzene rings is 2. The molecule has 0 radical (unpaired) electrons. The lowest BCUT2D eigenvalue weighted by Crippen LogP contribution is -3.13. The molecule has 146 valence electrons. The zero-order valence-corrected chi connectivity index (χ0v) is 16.6. The highest BCUT2D eigenvalue weighted by molar-refractivity contribution is 5.31. The average Bonchev–Trinajstić information content (AvgIpc) is 2.74. The summed E-state index contributed by atoms with van der Waals surface area (Å²) in [7, 11) is 0. The first-order chi connectivity index (χ1) is 13.3. The Morgan fingerprint density at radius 1 is 0.926 bits per heavy atom. The maximum atomic E-state index is 11.2. The van der Waals surface area contributed by atoms with Crippen molar-refractivity contribution in [3.8, 4) is 5.75 Å². The van der Waals surface area contributed by atoms with Gasteiger partial charge in [0.25, 0.3) is 0 Å². The van der Waals surface area contributed by atoms with Gasteiger partial charge in [0.15, 0.2) is 0 Å². The SMILES string of the molecule is CCCCOc1ccc([C@H](O)[C@H](C[NH+]2CCCCC2)c2ccccc2)cc1. The molecule has 3 nitrogen and oxygen atoms in total. The fraction of sp³-hybridized carbons (Fsp3) is 0.500. The van der Waals surface area contributed by atoms with Gasteiger partial charge in [0, 0.05) is 0 Å². The number of hydrogen-bond acceptors (Lipinski definition) is 2. The summed E-state index contributed by atoms with van der Waals surface area (Å²) in [4.78, 5) is 1.62. The molecule has 2 N–H and O–H groups in total. The average molecular weight is 369 g/mol. The quantitative estimate of drug-likeness (QED) is 0.661. The second-order valence-electron chi connectivity index (χ2n) is 7.75. The van der Waals surface area contributed by atoms with Crippen LogP contribution in [-0.2, 0) is 0 Å². The number of nitrogens with one attached hydrogen (secondary N) is 1. The Morgan fingerprint density at radius 2 is 1.63 bits per heavy atom. The number of aliphatic hydroxyl groups excluding tert-OH is 1. The molecule has 2 aromatic carbocycles. The van der Waals surface area contributed by atoms with Crippen LogP contribution in [0.15, 0.2) is 54.6 Å². The van der Waals surface area contributed by atoms with Crippen LogP contribution < -0.4 is 9.64 Å². The third kappa shape index (κ3) is 5.82. The van der Waals surface area contributed by atoms with Gasteiger partial charge in [0.1, 0.15) is 5.75 Å². The minimum absolute atomic E-state index is 0.117. The third-order valence-corrected chi connectivity index (χ3v) is 5.67. The Hall–Kier alpha value is -1.84. The number of ether oxygens (including phenoxy) is 1. The molecule has 0 aromatic heterocycles. The molecule has 2 atom stereocenters. The molecule has 0 saturated carbocycles. The van der Waals surface area contributed by atoms with Crippen molar-refractivity contribution in [2.75, 3.05) is 26.2 Å². The Bertz CT molecular complexity index is 650. The summed E-state index contributed by atoms with van der Waals surface area (Å²) in [6.45, 7) is 6.35. The van der Waals surface area contributed by atoms with E-state index in [2.05, 4.69) is 31.2 Å². The number of aliphatic hydroxyl groups is 1. The molecule has 0 aliphatic carbocycles. The van der Waals surface area contributed by atoms with Gasteiger partial charge < -0.3 is 14.7 Å². The van der Waals surface area contributed by atoms with Gasteiger partial charge in [-0.25, -0.2) is 0 Å². The highest BCUT2D eigenvalue weighted by atomic mass is 16.5. The van der Waals surface area contributed by atoms with Gasteiger partial charge in [-0.15, -0.1) is 0 Å². The van der Waals surface area contributed by atoms with Gasteiger partial charge in [0.2, 0.25) is 0 Å². The number of unbranched alkanes of at least 4 members (excludes halogenated alkanes) is 1. The summed E-state index contributed by atoms with van der Waals surface area (Å²) in [6, 6.07) is 18.5. The van der Waals surface area contributed by atoms with Crippen LogP contribution in [0.2, 0.25) is 0 Å². The number of hydrogen-bond donors (Lipinski definition) is 2. The van der Waals surface area contributed by atoms with Crippen LogP contribution >= 0.6 is 0 Å². The molecule has 1 aliphatic rings. The predicted molar refractivity (Wildman–Crippen MR) is 110 cm³/mol. The normalized spacial score (nSPS) is 17.4. The number of quaternary nitrogens is 1. The van der Waals surface area contributed by atoms with E-state index < -0.39 is 6.10 Å². The first-order valence-electron chi connectivity index (χ1n) is 10.6. The minimum atomic E-state index is -0.494. The van der Waals surface area contributed by atoms with Crippen LogP contribution in [0.1, 0.15) is 62.2 Å². The van der Waals surface area contributed by atoms with E-state index in [-0.39, 0.29) is 5.92 Å². The second kappa shape index (κ2) is 10.5. The Balaban J connectivity index is 1.72. The highest BCUT2D eigenvalue weighted by Gasteiger charge is 2.28. The molecule has 3 rings (SSSR count). The molecule has 27 heavy (non-hydrogen) atoms. The van der Waals surface area contributed by atoms with E-state index in [1.165, 1.54) is 37.9 Å². The zero-order valence-electron chi connectivity index (χ0n) is 16.6. The lowest BCUT2D eigenvalue weighted by Gasteiger charge is -2.30. The van der Waals surface area contributed by atoms with E-state index in [9.17, 15) is 5.11 Å². The molecule has 0 amide bonds. The Kier molecular flexibility index (Phi) is 7.73.